The molecule has 1 heterocycles. The predicted octanol–water partition coefficient (Wildman–Crippen LogP) is 2.06. The van der Waals surface area contributed by atoms with Crippen LogP contribution in [0.5, 0.6) is 0 Å². The van der Waals surface area contributed by atoms with Crippen LogP contribution in [0.3, 0.4) is 0 Å². The molecule has 0 bridgehead atoms. The summed E-state index contributed by atoms with van der Waals surface area (Å²) in [5.74, 6) is 0.194. The van der Waals surface area contributed by atoms with Gasteiger partial charge in [-0.3, -0.25) is 0 Å². The first-order valence-electron chi connectivity index (χ1n) is 4.88. The van der Waals surface area contributed by atoms with Crippen LogP contribution in [0.2, 0.25) is 5.02 Å². The average molecular weight is 231 g/mol. The van der Waals surface area contributed by atoms with Gasteiger partial charge in [-0.2, -0.15) is 0 Å². The van der Waals surface area contributed by atoms with Crippen molar-refractivity contribution in [2.45, 2.75) is 18.9 Å². The molecule has 0 unspecified atom stereocenters. The zero-order valence-corrected chi connectivity index (χ0v) is 8.84. The van der Waals surface area contributed by atoms with Gasteiger partial charge in [-0.05, 0) is 24.8 Å². The monoisotopic (exact) mass is 230 g/mol. The van der Waals surface area contributed by atoms with Crippen LogP contribution in [0.15, 0.2) is 12.3 Å². The second-order valence-corrected chi connectivity index (χ2v) is 4.29. The topological polar surface area (TPSA) is 45.1 Å². The average Bonchev–Trinajstić information content (AvgIpc) is 2.13. The molecule has 0 atom stereocenters. The van der Waals surface area contributed by atoms with E-state index in [0.717, 1.165) is 12.8 Å². The fraction of sp³-hybridized carbons (Fsp3) is 0.500. The Balaban J connectivity index is 1.88. The van der Waals surface area contributed by atoms with Crippen LogP contribution in [0, 0.1) is 11.7 Å². The molecular formula is C10H12ClFN2O. The van der Waals surface area contributed by atoms with Gasteiger partial charge in [-0.25, -0.2) is 9.37 Å². The Morgan fingerprint density at radius 2 is 2.33 bits per heavy atom. The van der Waals surface area contributed by atoms with Crippen LogP contribution in [-0.4, -0.2) is 22.7 Å². The number of nitrogens with zero attached hydrogens (tertiary/aromatic N) is 1. The summed E-state index contributed by atoms with van der Waals surface area (Å²) in [6.45, 7) is 0.641. The molecule has 1 aliphatic rings. The smallest absolute Gasteiger partial charge is 0.166 e. The summed E-state index contributed by atoms with van der Waals surface area (Å²) in [5, 5.41) is 12.3. The summed E-state index contributed by atoms with van der Waals surface area (Å²) in [7, 11) is 0. The molecule has 0 aromatic carbocycles. The second-order valence-electron chi connectivity index (χ2n) is 3.86. The largest absolute Gasteiger partial charge is 0.393 e. The van der Waals surface area contributed by atoms with Gasteiger partial charge in [-0.15, -0.1) is 0 Å². The summed E-state index contributed by atoms with van der Waals surface area (Å²) in [6.07, 6.45) is 2.78. The minimum atomic E-state index is -0.442. The Bertz CT molecular complexity index is 355. The Kier molecular flexibility index (Phi) is 3.07. The van der Waals surface area contributed by atoms with Gasteiger partial charge in [-0.1, -0.05) is 11.6 Å². The summed E-state index contributed by atoms with van der Waals surface area (Å²) in [5.41, 5.74) is 0. The van der Waals surface area contributed by atoms with Crippen LogP contribution in [-0.2, 0) is 0 Å². The number of hydrogen-bond donors (Lipinski definition) is 2. The molecule has 5 heteroatoms. The lowest BCUT2D eigenvalue weighted by atomic mass is 9.82. The predicted molar refractivity (Wildman–Crippen MR) is 56.4 cm³/mol. The van der Waals surface area contributed by atoms with Gasteiger partial charge in [0.2, 0.25) is 0 Å². The van der Waals surface area contributed by atoms with E-state index in [9.17, 15) is 4.39 Å². The van der Waals surface area contributed by atoms with E-state index in [1.54, 1.807) is 0 Å². The molecule has 1 fully saturated rings. The third-order valence-electron chi connectivity index (χ3n) is 2.58. The first-order chi connectivity index (χ1) is 7.15. The molecule has 2 N–H and O–H groups in total. The number of halogens is 2. The lowest BCUT2D eigenvalue weighted by Crippen LogP contribution is -2.33. The summed E-state index contributed by atoms with van der Waals surface area (Å²) in [6, 6.07) is 1.23. The molecule has 1 aromatic rings. The van der Waals surface area contributed by atoms with Crippen molar-refractivity contribution in [3.05, 3.63) is 23.1 Å². The molecule has 2 rings (SSSR count). The van der Waals surface area contributed by atoms with Gasteiger partial charge < -0.3 is 10.4 Å². The van der Waals surface area contributed by atoms with Gasteiger partial charge in [0.15, 0.2) is 11.6 Å². The van der Waals surface area contributed by atoms with E-state index >= 15 is 0 Å². The van der Waals surface area contributed by atoms with Crippen molar-refractivity contribution in [3.8, 4) is 0 Å². The molecule has 1 aliphatic carbocycles. The SMILES string of the molecule is OC1CC(CNc2ncc(Cl)cc2F)C1. The molecule has 15 heavy (non-hydrogen) atoms. The number of pyridine rings is 1. The lowest BCUT2D eigenvalue weighted by molar-refractivity contribution is 0.0486. The highest BCUT2D eigenvalue weighted by Crippen LogP contribution is 2.27. The van der Waals surface area contributed by atoms with Crippen LogP contribution in [0.25, 0.3) is 0 Å². The molecule has 0 aliphatic heterocycles. The van der Waals surface area contributed by atoms with Crippen molar-refractivity contribution in [1.29, 1.82) is 0 Å². The maximum Gasteiger partial charge on any atom is 0.166 e. The highest BCUT2D eigenvalue weighted by Gasteiger charge is 2.26. The van der Waals surface area contributed by atoms with Crippen molar-refractivity contribution < 1.29 is 9.50 Å². The molecule has 1 saturated carbocycles. The van der Waals surface area contributed by atoms with Gasteiger partial charge >= 0.3 is 0 Å². The van der Waals surface area contributed by atoms with E-state index in [0.29, 0.717) is 12.5 Å². The summed E-state index contributed by atoms with van der Waals surface area (Å²) in [4.78, 5) is 3.85. The van der Waals surface area contributed by atoms with E-state index in [-0.39, 0.29) is 16.9 Å². The molecular weight excluding hydrogens is 219 g/mol. The zero-order valence-electron chi connectivity index (χ0n) is 8.08. The van der Waals surface area contributed by atoms with Crippen molar-refractivity contribution in [3.63, 3.8) is 0 Å². The van der Waals surface area contributed by atoms with Crippen molar-refractivity contribution >= 4 is 17.4 Å². The maximum absolute atomic E-state index is 13.2. The fourth-order valence-electron chi connectivity index (χ4n) is 1.65. The van der Waals surface area contributed by atoms with Crippen molar-refractivity contribution in [2.75, 3.05) is 11.9 Å². The number of nitrogens with one attached hydrogen (secondary N) is 1. The zero-order chi connectivity index (χ0) is 10.8. The number of aliphatic hydroxyl groups is 1. The lowest BCUT2D eigenvalue weighted by Gasteiger charge is -2.31. The van der Waals surface area contributed by atoms with E-state index in [1.807, 2.05) is 0 Å². The first-order valence-corrected chi connectivity index (χ1v) is 5.26. The third kappa shape index (κ3) is 2.58. The van der Waals surface area contributed by atoms with Gasteiger partial charge in [0.25, 0.3) is 0 Å². The Hall–Kier alpha value is -0.870. The molecule has 0 saturated heterocycles. The highest BCUT2D eigenvalue weighted by molar-refractivity contribution is 6.30. The Morgan fingerprint density at radius 1 is 1.60 bits per heavy atom. The number of aliphatic hydroxyl groups excluding tert-OH is 1. The van der Waals surface area contributed by atoms with E-state index < -0.39 is 5.82 Å². The quantitative estimate of drug-likeness (QED) is 0.836. The second kappa shape index (κ2) is 4.33. The molecule has 3 nitrogen and oxygen atoms in total. The highest BCUT2D eigenvalue weighted by atomic mass is 35.5. The van der Waals surface area contributed by atoms with E-state index in [4.69, 9.17) is 16.7 Å². The molecule has 0 spiro atoms. The van der Waals surface area contributed by atoms with Crippen molar-refractivity contribution in [1.82, 2.24) is 4.98 Å². The Morgan fingerprint density at radius 3 is 2.93 bits per heavy atom. The minimum Gasteiger partial charge on any atom is -0.393 e. The maximum atomic E-state index is 13.2. The summed E-state index contributed by atoms with van der Waals surface area (Å²) >= 11 is 5.57. The van der Waals surface area contributed by atoms with Crippen LogP contribution < -0.4 is 5.32 Å². The third-order valence-corrected chi connectivity index (χ3v) is 2.78. The molecule has 0 radical (unpaired) electrons. The van der Waals surface area contributed by atoms with Gasteiger partial charge in [0.1, 0.15) is 0 Å². The van der Waals surface area contributed by atoms with Crippen LogP contribution in [0.1, 0.15) is 12.8 Å². The van der Waals surface area contributed by atoms with Gasteiger partial charge in [0.05, 0.1) is 11.1 Å². The molecule has 82 valence electrons. The summed E-state index contributed by atoms with van der Waals surface area (Å²) < 4.78 is 13.2. The standard InChI is InChI=1S/C10H12ClFN2O/c11-7-3-9(12)10(14-5-7)13-4-6-1-8(15)2-6/h3,5-6,8,15H,1-2,4H2,(H,13,14). The Labute approximate surface area is 92.3 Å². The van der Waals surface area contributed by atoms with Crippen LogP contribution in [0.4, 0.5) is 10.2 Å². The van der Waals surface area contributed by atoms with E-state index in [2.05, 4.69) is 10.3 Å². The van der Waals surface area contributed by atoms with Crippen molar-refractivity contribution in [2.24, 2.45) is 5.92 Å². The van der Waals surface area contributed by atoms with Crippen LogP contribution >= 0.6 is 11.6 Å². The first kappa shape index (κ1) is 10.6. The number of hydrogen-bond acceptors (Lipinski definition) is 3. The van der Waals surface area contributed by atoms with Gasteiger partial charge in [0, 0.05) is 12.7 Å². The van der Waals surface area contributed by atoms with E-state index in [1.165, 1.54) is 12.3 Å². The normalized spacial score (nSPS) is 24.7. The minimum absolute atomic E-state index is 0.181. The number of rotatable bonds is 3. The molecule has 1 aromatic heterocycles. The number of anilines is 1. The fourth-order valence-corrected chi connectivity index (χ4v) is 1.80. The number of aromatic nitrogens is 1. The molecule has 0 amide bonds.